The third-order valence-corrected chi connectivity index (χ3v) is 2.83. The summed E-state index contributed by atoms with van der Waals surface area (Å²) in [4.78, 5) is 12.1. The molecule has 3 aromatic heterocycles. The van der Waals surface area contributed by atoms with Gasteiger partial charge in [-0.1, -0.05) is 5.10 Å². The van der Waals surface area contributed by atoms with E-state index < -0.39 is 0 Å². The van der Waals surface area contributed by atoms with Crippen molar-refractivity contribution in [3.05, 3.63) is 30.2 Å². The SMILES string of the molecule is CCn1nccc1C(=O)Nc1nnc(-c2ccn(C)n2)o1. The van der Waals surface area contributed by atoms with Gasteiger partial charge < -0.3 is 4.42 Å². The maximum atomic E-state index is 12.1. The summed E-state index contributed by atoms with van der Waals surface area (Å²) in [6.45, 7) is 2.49. The molecule has 0 saturated heterocycles. The van der Waals surface area contributed by atoms with Gasteiger partial charge in [-0.25, -0.2) is 0 Å². The molecule has 0 aliphatic heterocycles. The van der Waals surface area contributed by atoms with E-state index in [9.17, 15) is 4.79 Å². The predicted molar refractivity (Wildman–Crippen MR) is 72.4 cm³/mol. The second-order valence-electron chi connectivity index (χ2n) is 4.27. The lowest BCUT2D eigenvalue weighted by atomic mass is 10.4. The Bertz CT molecular complexity index is 770. The molecule has 21 heavy (non-hydrogen) atoms. The Morgan fingerprint density at radius 3 is 2.95 bits per heavy atom. The zero-order valence-electron chi connectivity index (χ0n) is 11.5. The summed E-state index contributed by atoms with van der Waals surface area (Å²) in [6, 6.07) is 3.38. The van der Waals surface area contributed by atoms with Crippen molar-refractivity contribution in [1.82, 2.24) is 29.8 Å². The van der Waals surface area contributed by atoms with Crippen LogP contribution in [-0.4, -0.2) is 35.7 Å². The van der Waals surface area contributed by atoms with Crippen LogP contribution in [0, 0.1) is 0 Å². The minimum Gasteiger partial charge on any atom is -0.401 e. The molecule has 0 spiro atoms. The lowest BCUT2D eigenvalue weighted by Crippen LogP contribution is -2.17. The van der Waals surface area contributed by atoms with Crippen LogP contribution in [0.5, 0.6) is 0 Å². The fourth-order valence-corrected chi connectivity index (χ4v) is 1.85. The molecule has 0 radical (unpaired) electrons. The van der Waals surface area contributed by atoms with E-state index in [4.69, 9.17) is 4.42 Å². The molecule has 1 N–H and O–H groups in total. The van der Waals surface area contributed by atoms with Crippen molar-refractivity contribution in [3.63, 3.8) is 0 Å². The monoisotopic (exact) mass is 287 g/mol. The Kier molecular flexibility index (Phi) is 3.22. The van der Waals surface area contributed by atoms with Gasteiger partial charge in [0.2, 0.25) is 0 Å². The average Bonchev–Trinajstić information content (AvgIpc) is 3.17. The van der Waals surface area contributed by atoms with Crippen LogP contribution in [0.4, 0.5) is 6.01 Å². The van der Waals surface area contributed by atoms with Crippen LogP contribution >= 0.6 is 0 Å². The molecule has 0 bridgehead atoms. The third kappa shape index (κ3) is 2.53. The molecule has 3 aromatic rings. The van der Waals surface area contributed by atoms with E-state index in [-0.39, 0.29) is 17.8 Å². The zero-order chi connectivity index (χ0) is 14.8. The van der Waals surface area contributed by atoms with Gasteiger partial charge in [0.15, 0.2) is 0 Å². The van der Waals surface area contributed by atoms with Crippen LogP contribution in [0.3, 0.4) is 0 Å². The van der Waals surface area contributed by atoms with Gasteiger partial charge in [-0.2, -0.15) is 10.2 Å². The first-order valence-electron chi connectivity index (χ1n) is 6.34. The maximum absolute atomic E-state index is 12.1. The molecule has 1 amide bonds. The van der Waals surface area contributed by atoms with Crippen molar-refractivity contribution in [3.8, 4) is 11.6 Å². The summed E-state index contributed by atoms with van der Waals surface area (Å²) in [5.41, 5.74) is 0.971. The van der Waals surface area contributed by atoms with E-state index in [0.29, 0.717) is 17.9 Å². The zero-order valence-corrected chi connectivity index (χ0v) is 11.5. The fourth-order valence-electron chi connectivity index (χ4n) is 1.85. The van der Waals surface area contributed by atoms with E-state index in [0.717, 1.165) is 0 Å². The molecular weight excluding hydrogens is 274 g/mol. The second-order valence-corrected chi connectivity index (χ2v) is 4.27. The van der Waals surface area contributed by atoms with Crippen LogP contribution < -0.4 is 5.32 Å². The molecular formula is C12H13N7O2. The molecule has 9 nitrogen and oxygen atoms in total. The van der Waals surface area contributed by atoms with Gasteiger partial charge in [0.1, 0.15) is 11.4 Å². The number of hydrogen-bond donors (Lipinski definition) is 1. The summed E-state index contributed by atoms with van der Waals surface area (Å²) in [5.74, 6) is -0.111. The fraction of sp³-hybridized carbons (Fsp3) is 0.250. The minimum atomic E-state index is -0.356. The molecule has 0 saturated carbocycles. The molecule has 0 atom stereocenters. The number of hydrogen-bond acceptors (Lipinski definition) is 6. The molecule has 3 heterocycles. The highest BCUT2D eigenvalue weighted by molar-refractivity contribution is 6.01. The summed E-state index contributed by atoms with van der Waals surface area (Å²) in [6.07, 6.45) is 3.32. The molecule has 0 unspecified atom stereocenters. The van der Waals surface area contributed by atoms with E-state index >= 15 is 0 Å². The first kappa shape index (κ1) is 13.0. The predicted octanol–water partition coefficient (Wildman–Crippen LogP) is 0.939. The number of nitrogens with one attached hydrogen (secondary N) is 1. The maximum Gasteiger partial charge on any atom is 0.322 e. The Morgan fingerprint density at radius 2 is 2.24 bits per heavy atom. The van der Waals surface area contributed by atoms with Crippen LogP contribution in [-0.2, 0) is 13.6 Å². The number of rotatable bonds is 4. The van der Waals surface area contributed by atoms with E-state index in [1.165, 1.54) is 0 Å². The molecule has 0 aromatic carbocycles. The Morgan fingerprint density at radius 1 is 1.38 bits per heavy atom. The van der Waals surface area contributed by atoms with Crippen LogP contribution in [0.25, 0.3) is 11.6 Å². The van der Waals surface area contributed by atoms with Gasteiger partial charge in [-0.05, 0) is 19.1 Å². The molecule has 0 aliphatic rings. The summed E-state index contributed by atoms with van der Waals surface area (Å²) < 4.78 is 8.56. The van der Waals surface area contributed by atoms with Crippen LogP contribution in [0.1, 0.15) is 17.4 Å². The summed E-state index contributed by atoms with van der Waals surface area (Å²) in [5, 5.41) is 18.3. The van der Waals surface area contributed by atoms with Gasteiger partial charge in [0.05, 0.1) is 0 Å². The third-order valence-electron chi connectivity index (χ3n) is 2.83. The Hall–Kier alpha value is -2.97. The number of aromatic nitrogens is 6. The highest BCUT2D eigenvalue weighted by Gasteiger charge is 2.16. The summed E-state index contributed by atoms with van der Waals surface area (Å²) >= 11 is 0. The van der Waals surface area contributed by atoms with Crippen molar-refractivity contribution in [2.75, 3.05) is 5.32 Å². The van der Waals surface area contributed by atoms with E-state index in [1.807, 2.05) is 6.92 Å². The summed E-state index contributed by atoms with van der Waals surface area (Å²) in [7, 11) is 1.79. The van der Waals surface area contributed by atoms with Crippen molar-refractivity contribution in [1.29, 1.82) is 0 Å². The molecule has 0 fully saturated rings. The van der Waals surface area contributed by atoms with Crippen LogP contribution in [0.2, 0.25) is 0 Å². The van der Waals surface area contributed by atoms with Gasteiger partial charge in [0, 0.05) is 26.0 Å². The standard InChI is InChI=1S/C12H13N7O2/c1-3-19-9(4-6-13-19)10(20)14-12-16-15-11(21-12)8-5-7-18(2)17-8/h4-7H,3H2,1-2H3,(H,14,16,20). The molecule has 3 rings (SSSR count). The molecule has 108 valence electrons. The highest BCUT2D eigenvalue weighted by Crippen LogP contribution is 2.17. The quantitative estimate of drug-likeness (QED) is 0.765. The molecule has 0 aliphatic carbocycles. The Labute approximate surface area is 119 Å². The van der Waals surface area contributed by atoms with Crippen molar-refractivity contribution >= 4 is 11.9 Å². The van der Waals surface area contributed by atoms with Crippen molar-refractivity contribution in [2.45, 2.75) is 13.5 Å². The topological polar surface area (TPSA) is 104 Å². The van der Waals surface area contributed by atoms with Crippen molar-refractivity contribution < 1.29 is 9.21 Å². The van der Waals surface area contributed by atoms with Crippen molar-refractivity contribution in [2.24, 2.45) is 7.05 Å². The first-order valence-corrected chi connectivity index (χ1v) is 6.34. The Balaban J connectivity index is 1.77. The van der Waals surface area contributed by atoms with Gasteiger partial charge in [-0.3, -0.25) is 19.5 Å². The number of carbonyl (C=O) groups excluding carboxylic acids is 1. The van der Waals surface area contributed by atoms with Gasteiger partial charge >= 0.3 is 6.01 Å². The smallest absolute Gasteiger partial charge is 0.322 e. The van der Waals surface area contributed by atoms with E-state index in [1.54, 1.807) is 40.9 Å². The van der Waals surface area contributed by atoms with Gasteiger partial charge in [-0.15, -0.1) is 5.10 Å². The number of nitrogens with zero attached hydrogens (tertiary/aromatic N) is 6. The number of carbonyl (C=O) groups is 1. The van der Waals surface area contributed by atoms with Gasteiger partial charge in [0.25, 0.3) is 11.8 Å². The lowest BCUT2D eigenvalue weighted by Gasteiger charge is -2.02. The minimum absolute atomic E-state index is 0.0181. The normalized spacial score (nSPS) is 10.8. The highest BCUT2D eigenvalue weighted by atomic mass is 16.4. The number of anilines is 1. The average molecular weight is 287 g/mol. The number of aryl methyl sites for hydroxylation is 2. The number of amides is 1. The first-order chi connectivity index (χ1) is 10.2. The lowest BCUT2D eigenvalue weighted by molar-refractivity contribution is 0.101. The largest absolute Gasteiger partial charge is 0.401 e. The van der Waals surface area contributed by atoms with E-state index in [2.05, 4.69) is 25.7 Å². The second kappa shape index (κ2) is 5.19. The molecule has 9 heteroatoms. The van der Waals surface area contributed by atoms with Crippen LogP contribution in [0.15, 0.2) is 28.9 Å².